The molecule has 1 saturated heterocycles. The average molecular weight is 251 g/mol. The maximum atomic E-state index is 11.7. The number of carbonyl (C=O) groups excluding carboxylic acids is 1. The third-order valence-corrected chi connectivity index (χ3v) is 2.89. The lowest BCUT2D eigenvalue weighted by Gasteiger charge is -2.29. The molecule has 0 spiro atoms. The van der Waals surface area contributed by atoms with Crippen LogP contribution >= 0.6 is 0 Å². The summed E-state index contributed by atoms with van der Waals surface area (Å²) in [4.78, 5) is 13.9. The molecule has 18 heavy (non-hydrogen) atoms. The molecule has 0 unspecified atom stereocenters. The fourth-order valence-corrected chi connectivity index (χ4v) is 2.07. The Morgan fingerprint density at radius 3 is 2.78 bits per heavy atom. The van der Waals surface area contributed by atoms with Crippen LogP contribution in [0, 0.1) is 23.2 Å². The molecule has 0 aliphatic carbocycles. The van der Waals surface area contributed by atoms with Crippen LogP contribution in [0.25, 0.3) is 0 Å². The van der Waals surface area contributed by atoms with Crippen molar-refractivity contribution in [2.24, 2.45) is 11.3 Å². The predicted octanol–water partition coefficient (Wildman–Crippen LogP) is 2.31. The summed E-state index contributed by atoms with van der Waals surface area (Å²) in [5.41, 5.74) is 0.0519. The zero-order valence-electron chi connectivity index (χ0n) is 12.1. The van der Waals surface area contributed by atoms with Crippen molar-refractivity contribution in [3.8, 4) is 11.8 Å². The molecule has 1 rings (SSSR count). The number of piperidine rings is 1. The van der Waals surface area contributed by atoms with Gasteiger partial charge < -0.3 is 4.74 Å². The number of nitrogens with zero attached hydrogens (tertiary/aromatic N) is 1. The van der Waals surface area contributed by atoms with E-state index in [9.17, 15) is 4.79 Å². The van der Waals surface area contributed by atoms with Crippen molar-refractivity contribution in [2.75, 3.05) is 26.2 Å². The fourth-order valence-electron chi connectivity index (χ4n) is 2.07. The van der Waals surface area contributed by atoms with Gasteiger partial charge in [0.15, 0.2) is 0 Å². The minimum Gasteiger partial charge on any atom is -0.466 e. The number of likely N-dealkylation sites (tertiary alicyclic amines) is 1. The van der Waals surface area contributed by atoms with Gasteiger partial charge in [0.2, 0.25) is 0 Å². The zero-order valence-corrected chi connectivity index (χ0v) is 12.1. The molecule has 102 valence electrons. The summed E-state index contributed by atoms with van der Waals surface area (Å²) in [5, 5.41) is 0. The summed E-state index contributed by atoms with van der Waals surface area (Å²) >= 11 is 0. The molecule has 3 heteroatoms. The fraction of sp³-hybridized carbons (Fsp3) is 0.800. The third-order valence-electron chi connectivity index (χ3n) is 2.89. The minimum absolute atomic E-state index is 0.0372. The monoisotopic (exact) mass is 251 g/mol. The Kier molecular flexibility index (Phi) is 5.68. The Bertz CT molecular complexity index is 333. The largest absolute Gasteiger partial charge is 0.466 e. The molecule has 0 N–H and O–H groups in total. The van der Waals surface area contributed by atoms with E-state index in [-0.39, 0.29) is 17.3 Å². The maximum Gasteiger partial charge on any atom is 0.310 e. The van der Waals surface area contributed by atoms with Crippen molar-refractivity contribution in [3.05, 3.63) is 0 Å². The van der Waals surface area contributed by atoms with Gasteiger partial charge in [-0.05, 0) is 47.1 Å². The van der Waals surface area contributed by atoms with Crippen LogP contribution in [0.15, 0.2) is 0 Å². The molecule has 1 fully saturated rings. The van der Waals surface area contributed by atoms with Crippen molar-refractivity contribution in [2.45, 2.75) is 40.5 Å². The summed E-state index contributed by atoms with van der Waals surface area (Å²) in [6.07, 6.45) is 2.00. The number of ether oxygens (including phenoxy) is 1. The Hall–Kier alpha value is -1.01. The summed E-state index contributed by atoms with van der Waals surface area (Å²) in [6, 6.07) is 0. The molecule has 1 aliphatic rings. The Balaban J connectivity index is 2.43. The van der Waals surface area contributed by atoms with Crippen LogP contribution in [0.1, 0.15) is 40.5 Å². The van der Waals surface area contributed by atoms with Gasteiger partial charge >= 0.3 is 5.97 Å². The molecule has 0 amide bonds. The van der Waals surface area contributed by atoms with Crippen LogP contribution < -0.4 is 0 Å². The number of hydrogen-bond acceptors (Lipinski definition) is 3. The van der Waals surface area contributed by atoms with Crippen LogP contribution in [0.2, 0.25) is 0 Å². The SMILES string of the molecule is CCOC(=O)[C@@H]1CCCN(CC#CC(C)(C)C)C1. The lowest BCUT2D eigenvalue weighted by atomic mass is 9.97. The van der Waals surface area contributed by atoms with Gasteiger partial charge in [0.1, 0.15) is 0 Å². The molecule has 0 aromatic heterocycles. The Labute approximate surface area is 111 Å². The van der Waals surface area contributed by atoms with Crippen molar-refractivity contribution in [1.82, 2.24) is 4.90 Å². The van der Waals surface area contributed by atoms with Gasteiger partial charge in [0.05, 0.1) is 19.1 Å². The van der Waals surface area contributed by atoms with E-state index in [2.05, 4.69) is 37.5 Å². The number of rotatable bonds is 3. The quantitative estimate of drug-likeness (QED) is 0.569. The van der Waals surface area contributed by atoms with E-state index in [4.69, 9.17) is 4.74 Å². The third kappa shape index (κ3) is 5.55. The first-order valence-electron chi connectivity index (χ1n) is 6.81. The molecule has 1 atom stereocenters. The van der Waals surface area contributed by atoms with Gasteiger partial charge in [-0.2, -0.15) is 0 Å². The first-order valence-corrected chi connectivity index (χ1v) is 6.81. The van der Waals surface area contributed by atoms with E-state index in [1.165, 1.54) is 0 Å². The molecule has 0 radical (unpaired) electrons. The zero-order chi connectivity index (χ0) is 13.6. The Morgan fingerprint density at radius 2 is 2.17 bits per heavy atom. The van der Waals surface area contributed by atoms with E-state index >= 15 is 0 Å². The van der Waals surface area contributed by atoms with Crippen molar-refractivity contribution in [1.29, 1.82) is 0 Å². The maximum absolute atomic E-state index is 11.7. The van der Waals surface area contributed by atoms with Gasteiger partial charge in [-0.3, -0.25) is 9.69 Å². The first kappa shape index (κ1) is 15.0. The Morgan fingerprint density at radius 1 is 1.44 bits per heavy atom. The molecule has 0 aromatic carbocycles. The van der Waals surface area contributed by atoms with E-state index in [1.807, 2.05) is 6.92 Å². The summed E-state index contributed by atoms with van der Waals surface area (Å²) in [6.45, 7) is 11.2. The smallest absolute Gasteiger partial charge is 0.310 e. The molecule has 1 aliphatic heterocycles. The van der Waals surface area contributed by atoms with Crippen molar-refractivity contribution >= 4 is 5.97 Å². The van der Waals surface area contributed by atoms with Crippen LogP contribution in [-0.4, -0.2) is 37.1 Å². The predicted molar refractivity (Wildman–Crippen MR) is 73.0 cm³/mol. The lowest BCUT2D eigenvalue weighted by molar-refractivity contribution is -0.149. The molecular weight excluding hydrogens is 226 g/mol. The number of esters is 1. The lowest BCUT2D eigenvalue weighted by Crippen LogP contribution is -2.39. The van der Waals surface area contributed by atoms with Gasteiger partial charge in [-0.15, -0.1) is 0 Å². The summed E-state index contributed by atoms with van der Waals surface area (Å²) in [7, 11) is 0. The van der Waals surface area contributed by atoms with Gasteiger partial charge in [0, 0.05) is 12.0 Å². The van der Waals surface area contributed by atoms with E-state index in [1.54, 1.807) is 0 Å². The second-order valence-corrected chi connectivity index (χ2v) is 5.88. The number of carbonyl (C=O) groups is 1. The van der Waals surface area contributed by atoms with Gasteiger partial charge in [-0.25, -0.2) is 0 Å². The van der Waals surface area contributed by atoms with E-state index in [0.717, 1.165) is 32.5 Å². The molecule has 0 saturated carbocycles. The highest BCUT2D eigenvalue weighted by Crippen LogP contribution is 2.17. The highest BCUT2D eigenvalue weighted by atomic mass is 16.5. The topological polar surface area (TPSA) is 29.5 Å². The van der Waals surface area contributed by atoms with E-state index < -0.39 is 0 Å². The number of hydrogen-bond donors (Lipinski definition) is 0. The standard InChI is InChI=1S/C15H25NO2/c1-5-18-14(17)13-8-6-10-16(12-13)11-7-9-15(2,3)4/h13H,5-6,8,10-12H2,1-4H3/t13-/m1/s1. The van der Waals surface area contributed by atoms with Crippen LogP contribution in [-0.2, 0) is 9.53 Å². The van der Waals surface area contributed by atoms with Crippen molar-refractivity contribution < 1.29 is 9.53 Å². The van der Waals surface area contributed by atoms with E-state index in [0.29, 0.717) is 6.61 Å². The average Bonchev–Trinajstić information content (AvgIpc) is 2.28. The second kappa shape index (κ2) is 6.80. The summed E-state index contributed by atoms with van der Waals surface area (Å²) in [5.74, 6) is 6.43. The first-order chi connectivity index (χ1) is 8.42. The van der Waals surface area contributed by atoms with Crippen LogP contribution in [0.5, 0.6) is 0 Å². The normalized spacial score (nSPS) is 21.0. The molecular formula is C15H25NO2. The highest BCUT2D eigenvalue weighted by molar-refractivity contribution is 5.72. The van der Waals surface area contributed by atoms with Crippen LogP contribution in [0.3, 0.4) is 0 Å². The molecule has 1 heterocycles. The second-order valence-electron chi connectivity index (χ2n) is 5.88. The minimum atomic E-state index is -0.0500. The summed E-state index contributed by atoms with van der Waals surface area (Å²) < 4.78 is 5.09. The van der Waals surface area contributed by atoms with Gasteiger partial charge in [-0.1, -0.05) is 11.8 Å². The van der Waals surface area contributed by atoms with Crippen molar-refractivity contribution in [3.63, 3.8) is 0 Å². The van der Waals surface area contributed by atoms with Gasteiger partial charge in [0.25, 0.3) is 0 Å². The molecule has 0 bridgehead atoms. The molecule has 3 nitrogen and oxygen atoms in total. The molecule has 0 aromatic rings. The van der Waals surface area contributed by atoms with Crippen LogP contribution in [0.4, 0.5) is 0 Å². The highest BCUT2D eigenvalue weighted by Gasteiger charge is 2.26.